The van der Waals surface area contributed by atoms with Crippen molar-refractivity contribution in [3.8, 4) is 0 Å². The predicted octanol–water partition coefficient (Wildman–Crippen LogP) is 9.80. The molecule has 3 heterocycles. The molecule has 0 aromatic rings. The van der Waals surface area contributed by atoms with Crippen molar-refractivity contribution in [2.75, 3.05) is 0 Å². The Labute approximate surface area is 385 Å². The van der Waals surface area contributed by atoms with Crippen LogP contribution in [0.1, 0.15) is 159 Å². The van der Waals surface area contributed by atoms with E-state index in [2.05, 4.69) is 60.7 Å². The number of hydrogen-bond donors (Lipinski definition) is 4. The van der Waals surface area contributed by atoms with E-state index in [4.69, 9.17) is 9.47 Å². The first-order valence-corrected chi connectivity index (χ1v) is 27.5. The average Bonchev–Trinajstić information content (AvgIpc) is 4.12. The highest BCUT2D eigenvalue weighted by Crippen LogP contribution is 2.79. The van der Waals surface area contributed by atoms with Gasteiger partial charge in [0.05, 0.1) is 29.0 Å². The second-order valence-corrected chi connectivity index (χ2v) is 27.0. The maximum atomic E-state index is 15.5. The van der Waals surface area contributed by atoms with Crippen molar-refractivity contribution in [3.05, 3.63) is 11.1 Å². The summed E-state index contributed by atoms with van der Waals surface area (Å²) >= 11 is 0. The van der Waals surface area contributed by atoms with Gasteiger partial charge in [0.15, 0.2) is 0 Å². The summed E-state index contributed by atoms with van der Waals surface area (Å²) in [5, 5.41) is 26.8. The van der Waals surface area contributed by atoms with Gasteiger partial charge in [0.2, 0.25) is 0 Å². The summed E-state index contributed by atoms with van der Waals surface area (Å²) in [6.07, 6.45) is 16.7. The SMILES string of the molecule is CC(C(=O)NO)=C1CC2C(C)C3CC4(OC56CC5C(CCC(C)C)C5OC(C)(CCCC(C)C)CC7CC(O)C8CC8C(C75)C6C5CC4C3C3C(=O)C4C(C)CCCC4C3N5)C2C1C. The highest BCUT2D eigenvalue weighted by molar-refractivity contribution is 5.93. The molecule has 26 atom stereocenters. The Hall–Kier alpha value is -1.32. The van der Waals surface area contributed by atoms with Crippen molar-refractivity contribution >= 4 is 11.7 Å². The quantitative estimate of drug-likeness (QED) is 0.109. The molecule has 4 N–H and O–H groups in total. The van der Waals surface area contributed by atoms with Gasteiger partial charge in [-0.3, -0.25) is 14.8 Å². The van der Waals surface area contributed by atoms with Crippen molar-refractivity contribution in [2.45, 2.75) is 200 Å². The lowest BCUT2D eigenvalue weighted by Crippen LogP contribution is -2.57. The van der Waals surface area contributed by atoms with Crippen LogP contribution >= 0.6 is 0 Å². The van der Waals surface area contributed by atoms with E-state index < -0.39 is 0 Å². The molecule has 9 saturated carbocycles. The maximum absolute atomic E-state index is 15.5. The van der Waals surface area contributed by atoms with Crippen molar-refractivity contribution in [1.29, 1.82) is 0 Å². The van der Waals surface area contributed by atoms with Gasteiger partial charge in [-0.2, -0.15) is 0 Å². The molecule has 3 aliphatic heterocycles. The van der Waals surface area contributed by atoms with E-state index in [0.717, 1.165) is 51.4 Å². The number of nitrogens with one attached hydrogen (secondary N) is 2. The van der Waals surface area contributed by atoms with Crippen molar-refractivity contribution < 1.29 is 29.4 Å². The summed E-state index contributed by atoms with van der Waals surface area (Å²) in [6.45, 7) is 21.2. The van der Waals surface area contributed by atoms with Gasteiger partial charge in [0, 0.05) is 35.4 Å². The number of amides is 1. The average molecular weight is 883 g/mol. The summed E-state index contributed by atoms with van der Waals surface area (Å²) in [5.74, 6) is 8.33. The molecule has 0 aromatic carbocycles. The third kappa shape index (κ3) is 6.07. The predicted molar refractivity (Wildman–Crippen MR) is 246 cm³/mol. The largest absolute Gasteiger partial charge is 0.393 e. The van der Waals surface area contributed by atoms with Gasteiger partial charge >= 0.3 is 0 Å². The molecule has 0 aromatic heterocycles. The number of hydroxylamine groups is 1. The molecule has 1 amide bonds. The minimum atomic E-state index is -0.370. The van der Waals surface area contributed by atoms with Crippen LogP contribution in [-0.4, -0.2) is 63.1 Å². The highest BCUT2D eigenvalue weighted by atomic mass is 16.5. The number of aliphatic hydroxyl groups is 1. The minimum Gasteiger partial charge on any atom is -0.393 e. The Morgan fingerprint density at radius 3 is 2.38 bits per heavy atom. The number of carbonyl (C=O) groups excluding carboxylic acids is 2. The van der Waals surface area contributed by atoms with Crippen LogP contribution < -0.4 is 10.8 Å². The first kappa shape index (κ1) is 43.9. The second-order valence-electron chi connectivity index (χ2n) is 27.0. The van der Waals surface area contributed by atoms with Gasteiger partial charge < -0.3 is 19.9 Å². The van der Waals surface area contributed by atoms with Crippen LogP contribution in [0.3, 0.4) is 0 Å². The summed E-state index contributed by atoms with van der Waals surface area (Å²) in [4.78, 5) is 28.7. The van der Waals surface area contributed by atoms with Crippen LogP contribution in [0.5, 0.6) is 0 Å². The van der Waals surface area contributed by atoms with Crippen molar-refractivity contribution in [1.82, 2.24) is 10.8 Å². The Morgan fingerprint density at radius 2 is 1.62 bits per heavy atom. The molecule has 2 spiro atoms. The Morgan fingerprint density at radius 1 is 0.859 bits per heavy atom. The molecular formula is C56H86N2O6. The van der Waals surface area contributed by atoms with Crippen molar-refractivity contribution in [2.24, 2.45) is 124 Å². The zero-order chi connectivity index (χ0) is 44.7. The minimum absolute atomic E-state index is 0.0535. The monoisotopic (exact) mass is 883 g/mol. The maximum Gasteiger partial charge on any atom is 0.270 e. The zero-order valence-corrected chi connectivity index (χ0v) is 41.1. The lowest BCUT2D eigenvalue weighted by molar-refractivity contribution is -0.210. The molecule has 356 valence electrons. The molecule has 12 rings (SSSR count). The van der Waals surface area contributed by atoms with Crippen LogP contribution in [0.25, 0.3) is 0 Å². The summed E-state index contributed by atoms with van der Waals surface area (Å²) in [7, 11) is 0. The molecule has 4 bridgehead atoms. The smallest absolute Gasteiger partial charge is 0.270 e. The van der Waals surface area contributed by atoms with E-state index in [1.54, 1.807) is 0 Å². The number of aliphatic hydroxyl groups excluding tert-OH is 1. The summed E-state index contributed by atoms with van der Waals surface area (Å²) < 4.78 is 16.8. The number of ether oxygens (including phenoxy) is 2. The standard InChI is InChI=1S/C56H86N2O6/c1-25(2)12-11-17-54(9)22-31-18-42(59)36-20-37(36)46-44(31)52(63-54)32(16-15-26(3)4)40-24-56(40)49(46)41-21-39-45(47-50(57-41)33-14-10-13-27(5)43(33)51(47)60)38-23-55(39,64-56)48-29(7)34(19-35(48)28(38)6)30(8)53(61)58-62/h25-29,31-33,35-50,52,57,59,62H,10-24H2,1-9H3,(H,58,61). The molecule has 26 unspecified atom stereocenters. The Bertz CT molecular complexity index is 1930. The first-order valence-electron chi connectivity index (χ1n) is 27.5. The molecular weight excluding hydrogens is 797 g/mol. The van der Waals surface area contributed by atoms with Gasteiger partial charge in [-0.1, -0.05) is 79.7 Å². The van der Waals surface area contributed by atoms with Gasteiger partial charge in [0.25, 0.3) is 5.91 Å². The van der Waals surface area contributed by atoms with E-state index in [-0.39, 0.29) is 70.7 Å². The van der Waals surface area contributed by atoms with E-state index in [1.807, 2.05) is 12.4 Å². The molecule has 3 saturated heterocycles. The van der Waals surface area contributed by atoms with Crippen molar-refractivity contribution in [3.63, 3.8) is 0 Å². The number of ketones is 1. The number of allylic oxidation sites excluding steroid dienone is 1. The van der Waals surface area contributed by atoms with Gasteiger partial charge in [-0.25, -0.2) is 5.48 Å². The zero-order valence-electron chi connectivity index (χ0n) is 41.1. The lowest BCUT2D eigenvalue weighted by Gasteiger charge is -2.53. The summed E-state index contributed by atoms with van der Waals surface area (Å²) in [5.41, 5.74) is 3.10. The number of Topliss-reactive ketones (excluding diaryl/α,β-unsaturated/α-hetero) is 1. The number of fused-ring (bicyclic) bond motifs is 12. The number of rotatable bonds is 8. The molecule has 12 fully saturated rings. The van der Waals surface area contributed by atoms with Gasteiger partial charge in [-0.15, -0.1) is 0 Å². The Balaban J connectivity index is 1.04. The van der Waals surface area contributed by atoms with E-state index in [1.165, 1.54) is 50.5 Å². The fourth-order valence-corrected chi connectivity index (χ4v) is 21.0. The van der Waals surface area contributed by atoms with E-state index >= 15 is 4.79 Å². The number of carbonyl (C=O) groups is 2. The van der Waals surface area contributed by atoms with Crippen LogP contribution in [0.2, 0.25) is 0 Å². The van der Waals surface area contributed by atoms with Crippen LogP contribution in [-0.2, 0) is 19.1 Å². The van der Waals surface area contributed by atoms with Crippen LogP contribution in [0.15, 0.2) is 11.1 Å². The summed E-state index contributed by atoms with van der Waals surface area (Å²) in [6, 6.07) is 0.521. The van der Waals surface area contributed by atoms with Crippen LogP contribution in [0.4, 0.5) is 0 Å². The van der Waals surface area contributed by atoms with Gasteiger partial charge in [0.1, 0.15) is 5.78 Å². The molecule has 9 aliphatic carbocycles. The van der Waals surface area contributed by atoms with E-state index in [9.17, 15) is 15.1 Å². The highest BCUT2D eigenvalue weighted by Gasteiger charge is 2.82. The molecule has 64 heavy (non-hydrogen) atoms. The fourth-order valence-electron chi connectivity index (χ4n) is 21.0. The van der Waals surface area contributed by atoms with Crippen LogP contribution in [0, 0.1) is 124 Å². The number of hydrogen-bond acceptors (Lipinski definition) is 7. The lowest BCUT2D eigenvalue weighted by atomic mass is 9.61. The molecule has 0 radical (unpaired) electrons. The topological polar surface area (TPSA) is 117 Å². The normalized spacial score (nSPS) is 57.7. The first-order chi connectivity index (χ1) is 30.5. The molecule has 8 nitrogen and oxygen atoms in total. The second kappa shape index (κ2) is 15.1. The van der Waals surface area contributed by atoms with E-state index in [0.29, 0.717) is 112 Å². The third-order valence-corrected chi connectivity index (χ3v) is 23.3. The Kier molecular flexibility index (Phi) is 10.4. The van der Waals surface area contributed by atoms with Gasteiger partial charge in [-0.05, 0) is 191 Å². The molecule has 12 aliphatic rings. The third-order valence-electron chi connectivity index (χ3n) is 23.3. The molecule has 8 heteroatoms. The fraction of sp³-hybridized carbons (Fsp3) is 0.929.